The molecule has 0 spiro atoms. The number of benzene rings is 2. The van der Waals surface area contributed by atoms with Crippen LogP contribution in [0.15, 0.2) is 59.1 Å². The van der Waals surface area contributed by atoms with Gasteiger partial charge in [0.05, 0.1) is 17.7 Å². The summed E-state index contributed by atoms with van der Waals surface area (Å²) in [6, 6.07) is 14.9. The van der Waals surface area contributed by atoms with Gasteiger partial charge in [-0.05, 0) is 31.9 Å². The molecule has 44 heavy (non-hydrogen) atoms. The highest BCUT2D eigenvalue weighted by atomic mass is 35.5. The van der Waals surface area contributed by atoms with Crippen LogP contribution in [0.4, 0.5) is 10.2 Å². The van der Waals surface area contributed by atoms with Gasteiger partial charge in [-0.2, -0.15) is 5.06 Å². The van der Waals surface area contributed by atoms with Gasteiger partial charge in [-0.1, -0.05) is 59.2 Å². The molecule has 2 heterocycles. The Kier molecular flexibility index (Phi) is 11.8. The summed E-state index contributed by atoms with van der Waals surface area (Å²) < 4.78 is 19.4. The molecule has 3 amide bonds. The molecule has 0 unspecified atom stereocenters. The first-order valence-corrected chi connectivity index (χ1v) is 14.9. The maximum absolute atomic E-state index is 14.0. The van der Waals surface area contributed by atoms with Crippen LogP contribution in [0, 0.1) is 5.82 Å². The molecule has 0 aliphatic carbocycles. The number of aromatic nitrogens is 1. The largest absolute Gasteiger partial charge is 0.354 e. The van der Waals surface area contributed by atoms with Crippen LogP contribution in [0.2, 0.25) is 5.02 Å². The van der Waals surface area contributed by atoms with Crippen LogP contribution in [0.1, 0.15) is 39.2 Å². The van der Waals surface area contributed by atoms with Crippen LogP contribution in [0.3, 0.4) is 0 Å². The number of hydroxylamine groups is 1. The number of nitrogens with one attached hydrogen (secondary N) is 1. The first-order chi connectivity index (χ1) is 21.2. The molecule has 0 radical (unpaired) electrons. The van der Waals surface area contributed by atoms with Crippen molar-refractivity contribution in [2.24, 2.45) is 0 Å². The highest BCUT2D eigenvalue weighted by Crippen LogP contribution is 2.25. The van der Waals surface area contributed by atoms with Gasteiger partial charge in [0.15, 0.2) is 5.76 Å². The average Bonchev–Trinajstić information content (AvgIpc) is 3.52. The van der Waals surface area contributed by atoms with E-state index in [-0.39, 0.29) is 48.6 Å². The molecule has 0 saturated carbocycles. The lowest BCUT2D eigenvalue weighted by Crippen LogP contribution is -2.52. The molecule has 1 fully saturated rings. The van der Waals surface area contributed by atoms with E-state index >= 15 is 0 Å². The van der Waals surface area contributed by atoms with Crippen LogP contribution in [-0.4, -0.2) is 83.1 Å². The molecule has 1 aliphatic heterocycles. The molecule has 1 aromatic heterocycles. The van der Waals surface area contributed by atoms with Crippen molar-refractivity contribution in [1.29, 1.82) is 0 Å². The van der Waals surface area contributed by atoms with Crippen molar-refractivity contribution in [3.63, 3.8) is 0 Å². The standard InChI is InChI=1S/C31H38ClFN6O5/c1-22(2)36-14-16-37(17-15-36)30(42)13-12-26(39(23(3)41)34-19-25-10-7-11-27(33)31(25)32)20-43-38(21-40)29-18-28(44-35-29)24-8-5-4-6-9-24/h4-11,18,21-22,26,34H,12-17,19-20H2,1-3H3/t26-/m0/s1. The number of hydrazine groups is 1. The van der Waals surface area contributed by atoms with E-state index in [2.05, 4.69) is 29.3 Å². The van der Waals surface area contributed by atoms with E-state index in [1.54, 1.807) is 12.1 Å². The Labute approximate surface area is 261 Å². The van der Waals surface area contributed by atoms with Crippen molar-refractivity contribution < 1.29 is 28.1 Å². The quantitative estimate of drug-likeness (QED) is 0.208. The Bertz CT molecular complexity index is 1400. The minimum absolute atomic E-state index is 0.0358. The number of rotatable bonds is 14. The summed E-state index contributed by atoms with van der Waals surface area (Å²) in [5.41, 5.74) is 4.23. The lowest BCUT2D eigenvalue weighted by molar-refractivity contribution is -0.140. The van der Waals surface area contributed by atoms with Crippen molar-refractivity contribution in [1.82, 2.24) is 25.4 Å². The van der Waals surface area contributed by atoms with Crippen LogP contribution >= 0.6 is 11.6 Å². The second-order valence-electron chi connectivity index (χ2n) is 10.8. The topological polar surface area (TPSA) is 111 Å². The maximum atomic E-state index is 14.0. The highest BCUT2D eigenvalue weighted by molar-refractivity contribution is 6.31. The minimum Gasteiger partial charge on any atom is -0.354 e. The summed E-state index contributed by atoms with van der Waals surface area (Å²) >= 11 is 6.13. The zero-order valence-electron chi connectivity index (χ0n) is 25.1. The van der Waals surface area contributed by atoms with E-state index in [0.29, 0.717) is 36.9 Å². The van der Waals surface area contributed by atoms with Gasteiger partial charge < -0.3 is 9.42 Å². The number of nitrogens with zero attached hydrogens (tertiary/aromatic N) is 5. The predicted molar refractivity (Wildman–Crippen MR) is 164 cm³/mol. The molecule has 1 atom stereocenters. The molecule has 1 aliphatic rings. The molecule has 2 aromatic carbocycles. The Hall–Kier alpha value is -3.84. The van der Waals surface area contributed by atoms with Crippen LogP contribution in [0.25, 0.3) is 11.3 Å². The van der Waals surface area contributed by atoms with E-state index in [1.165, 1.54) is 24.1 Å². The minimum atomic E-state index is -0.691. The average molecular weight is 629 g/mol. The predicted octanol–water partition coefficient (Wildman–Crippen LogP) is 4.28. The second-order valence-corrected chi connectivity index (χ2v) is 11.2. The van der Waals surface area contributed by atoms with Gasteiger partial charge in [-0.25, -0.2) is 9.82 Å². The van der Waals surface area contributed by atoms with Crippen molar-refractivity contribution in [3.05, 3.63) is 71.0 Å². The third kappa shape index (κ3) is 8.63. The smallest absolute Gasteiger partial charge is 0.239 e. The highest BCUT2D eigenvalue weighted by Gasteiger charge is 2.28. The summed E-state index contributed by atoms with van der Waals surface area (Å²) in [5, 5.41) is 6.14. The zero-order valence-corrected chi connectivity index (χ0v) is 25.9. The fourth-order valence-electron chi connectivity index (χ4n) is 5.00. The van der Waals surface area contributed by atoms with Crippen LogP contribution in [-0.2, 0) is 25.8 Å². The van der Waals surface area contributed by atoms with Gasteiger partial charge in [-0.15, -0.1) is 0 Å². The Balaban J connectivity index is 1.47. The summed E-state index contributed by atoms with van der Waals surface area (Å²) in [6.07, 6.45) is 0.819. The second kappa shape index (κ2) is 15.8. The third-order valence-electron chi connectivity index (χ3n) is 7.55. The lowest BCUT2D eigenvalue weighted by Gasteiger charge is -2.37. The van der Waals surface area contributed by atoms with Crippen LogP contribution < -0.4 is 10.5 Å². The SMILES string of the molecule is CC(=O)N(NCc1cccc(F)c1Cl)[C@@H](CCC(=O)N1CCN(C(C)C)CC1)CON(C=O)c1cc(-c2ccccc2)on1. The first kappa shape index (κ1) is 33.1. The number of carbonyl (C=O) groups is 3. The number of piperazine rings is 1. The molecule has 1 N–H and O–H groups in total. The summed E-state index contributed by atoms with van der Waals surface area (Å²) in [5.74, 6) is -0.422. The molecular formula is C31H38ClFN6O5. The molecule has 236 valence electrons. The molecule has 4 rings (SSSR count). The molecule has 13 heteroatoms. The fourth-order valence-corrected chi connectivity index (χ4v) is 5.19. The fraction of sp³-hybridized carbons (Fsp3) is 0.419. The van der Waals surface area contributed by atoms with Gasteiger partial charge >= 0.3 is 0 Å². The van der Waals surface area contributed by atoms with Gasteiger partial charge in [0, 0.05) is 63.7 Å². The number of hydrogen-bond donors (Lipinski definition) is 1. The van der Waals surface area contributed by atoms with Crippen molar-refractivity contribution >= 4 is 35.6 Å². The van der Waals surface area contributed by atoms with Crippen molar-refractivity contribution in [3.8, 4) is 11.3 Å². The normalized spacial score (nSPS) is 14.5. The number of carbonyl (C=O) groups excluding carboxylic acids is 3. The number of hydrogen-bond acceptors (Lipinski definition) is 8. The van der Waals surface area contributed by atoms with E-state index in [1.807, 2.05) is 35.2 Å². The van der Waals surface area contributed by atoms with E-state index in [4.69, 9.17) is 21.0 Å². The third-order valence-corrected chi connectivity index (χ3v) is 7.97. The summed E-state index contributed by atoms with van der Waals surface area (Å²) in [6.45, 7) is 8.34. The van der Waals surface area contributed by atoms with Gasteiger partial charge in [0.1, 0.15) is 5.82 Å². The Morgan fingerprint density at radius 1 is 1.14 bits per heavy atom. The lowest BCUT2D eigenvalue weighted by atomic mass is 10.1. The number of halogens is 2. The molecule has 1 saturated heterocycles. The molecule has 3 aromatic rings. The van der Waals surface area contributed by atoms with Gasteiger partial charge in [0.2, 0.25) is 24.0 Å². The Morgan fingerprint density at radius 3 is 2.52 bits per heavy atom. The molecular weight excluding hydrogens is 591 g/mol. The number of amides is 3. The first-order valence-electron chi connectivity index (χ1n) is 14.6. The van der Waals surface area contributed by atoms with Gasteiger partial charge in [0.25, 0.3) is 0 Å². The number of anilines is 1. The van der Waals surface area contributed by atoms with Crippen LogP contribution in [0.5, 0.6) is 0 Å². The summed E-state index contributed by atoms with van der Waals surface area (Å²) in [4.78, 5) is 48.0. The zero-order chi connectivity index (χ0) is 31.6. The summed E-state index contributed by atoms with van der Waals surface area (Å²) in [7, 11) is 0. The Morgan fingerprint density at radius 2 is 1.86 bits per heavy atom. The monoisotopic (exact) mass is 628 g/mol. The van der Waals surface area contributed by atoms with E-state index in [0.717, 1.165) is 23.7 Å². The molecule has 0 bridgehead atoms. The maximum Gasteiger partial charge on any atom is 0.239 e. The van der Waals surface area contributed by atoms with Gasteiger partial charge in [-0.3, -0.25) is 29.1 Å². The van der Waals surface area contributed by atoms with Crippen molar-refractivity contribution in [2.75, 3.05) is 37.8 Å². The van der Waals surface area contributed by atoms with Crippen molar-refractivity contribution in [2.45, 2.75) is 52.2 Å². The van der Waals surface area contributed by atoms with E-state index < -0.39 is 11.9 Å². The molecule has 11 nitrogen and oxygen atoms in total. The van der Waals surface area contributed by atoms with E-state index in [9.17, 15) is 18.8 Å².